The Kier molecular flexibility index (Phi) is 7.30. The average Bonchev–Trinajstić information content (AvgIpc) is 3.37. The van der Waals surface area contributed by atoms with Crippen molar-refractivity contribution in [1.82, 2.24) is 14.7 Å². The molecule has 236 valence electrons. The fourth-order valence-corrected chi connectivity index (χ4v) is 9.60. The molecule has 3 heterocycles. The van der Waals surface area contributed by atoms with E-state index in [1.807, 2.05) is 24.3 Å². The molecule has 6 atom stereocenters. The third-order valence-electron chi connectivity index (χ3n) is 10.7. The number of phenols is 1. The Balaban J connectivity index is 1.22. The highest BCUT2D eigenvalue weighted by molar-refractivity contribution is 6.53. The normalized spacial score (nSPS) is 33.6. The van der Waals surface area contributed by atoms with Crippen LogP contribution in [0.4, 0.5) is 0 Å². The largest absolute Gasteiger partial charge is 0.508 e. The maximum atomic E-state index is 14.3. The number of imide groups is 2. The van der Waals surface area contributed by atoms with Gasteiger partial charge in [0, 0.05) is 50.3 Å². The second kappa shape index (κ2) is 10.9. The van der Waals surface area contributed by atoms with Crippen LogP contribution in [-0.2, 0) is 25.7 Å². The van der Waals surface area contributed by atoms with Crippen molar-refractivity contribution in [2.24, 2.45) is 17.8 Å². The number of carbonyl (C=O) groups excluding carboxylic acids is 4. The van der Waals surface area contributed by atoms with Gasteiger partial charge in [0.2, 0.25) is 11.8 Å². The molecule has 0 spiro atoms. The summed E-state index contributed by atoms with van der Waals surface area (Å²) < 4.78 is 5.61. The van der Waals surface area contributed by atoms with Gasteiger partial charge in [0.05, 0.1) is 18.9 Å². The number of ether oxygens (including phenoxy) is 1. The maximum Gasteiger partial charge on any atom is 0.253 e. The first-order chi connectivity index (χ1) is 21.5. The van der Waals surface area contributed by atoms with Crippen LogP contribution in [0, 0.1) is 17.8 Å². The molecule has 3 aliphatic heterocycles. The number of allylic oxidation sites excluding steroid dienone is 2. The van der Waals surface area contributed by atoms with Crippen molar-refractivity contribution < 1.29 is 29.0 Å². The SMILES string of the molecule is COc1cc(O)ccc1[C@H]1C2=CC[C@@H]3C(=O)N(C4CCN(Cc5ccccc5)CC4)C(=O)[C@@H]3[C@@H]2C[C@@]2(Cl)C(=O)N(C)C(=O)[C@@]12Cl. The number of aromatic hydroxyl groups is 1. The van der Waals surface area contributed by atoms with E-state index in [9.17, 15) is 24.3 Å². The van der Waals surface area contributed by atoms with E-state index in [4.69, 9.17) is 27.9 Å². The summed E-state index contributed by atoms with van der Waals surface area (Å²) in [6.45, 7) is 2.35. The number of rotatable bonds is 5. The van der Waals surface area contributed by atoms with Crippen LogP contribution >= 0.6 is 23.2 Å². The minimum atomic E-state index is -1.91. The number of nitrogens with zero attached hydrogens (tertiary/aromatic N) is 3. The van der Waals surface area contributed by atoms with Gasteiger partial charge in [-0.2, -0.15) is 0 Å². The molecule has 2 aromatic carbocycles. The van der Waals surface area contributed by atoms with Gasteiger partial charge in [0.15, 0.2) is 9.75 Å². The van der Waals surface area contributed by atoms with Crippen molar-refractivity contribution in [2.75, 3.05) is 27.2 Å². The molecule has 0 aromatic heterocycles. The van der Waals surface area contributed by atoms with Gasteiger partial charge in [-0.05, 0) is 43.2 Å². The summed E-state index contributed by atoms with van der Waals surface area (Å²) >= 11 is 14.5. The second-order valence-corrected chi connectivity index (χ2v) is 14.2. The second-order valence-electron chi connectivity index (χ2n) is 13.0. The van der Waals surface area contributed by atoms with Crippen LogP contribution < -0.4 is 4.74 Å². The predicted octanol–water partition coefficient (Wildman–Crippen LogP) is 4.05. The molecule has 4 amide bonds. The van der Waals surface area contributed by atoms with Crippen LogP contribution in [0.2, 0.25) is 0 Å². The molecular formula is C34H35Cl2N3O6. The van der Waals surface area contributed by atoms with Gasteiger partial charge in [0.1, 0.15) is 11.5 Å². The number of phenolic OH excluding ortho intramolecular Hbond substituents is 1. The van der Waals surface area contributed by atoms with Crippen molar-refractivity contribution >= 4 is 46.8 Å². The zero-order chi connectivity index (χ0) is 31.8. The third-order valence-corrected chi connectivity index (χ3v) is 12.2. The Labute approximate surface area is 271 Å². The molecule has 11 heteroatoms. The molecule has 5 aliphatic rings. The van der Waals surface area contributed by atoms with E-state index in [1.165, 1.54) is 36.8 Å². The highest BCUT2D eigenvalue weighted by Gasteiger charge is 2.76. The van der Waals surface area contributed by atoms with E-state index in [0.717, 1.165) is 24.5 Å². The van der Waals surface area contributed by atoms with Gasteiger partial charge in [-0.1, -0.05) is 48.0 Å². The number of hydrogen-bond donors (Lipinski definition) is 1. The molecule has 9 nitrogen and oxygen atoms in total. The van der Waals surface area contributed by atoms with Gasteiger partial charge in [-0.15, -0.1) is 23.2 Å². The molecule has 3 saturated heterocycles. The summed E-state index contributed by atoms with van der Waals surface area (Å²) in [5.41, 5.74) is 2.39. The number of hydrogen-bond acceptors (Lipinski definition) is 7. The Hall–Kier alpha value is -3.40. The molecule has 2 aromatic rings. The Bertz CT molecular complexity index is 1620. The highest BCUT2D eigenvalue weighted by Crippen LogP contribution is 2.66. The number of alkyl halides is 2. The molecule has 0 bridgehead atoms. The lowest BCUT2D eigenvalue weighted by Crippen LogP contribution is -2.60. The van der Waals surface area contributed by atoms with Gasteiger partial charge < -0.3 is 9.84 Å². The number of piperidine rings is 1. The fraction of sp³-hybridized carbons (Fsp3) is 0.471. The first-order valence-corrected chi connectivity index (χ1v) is 16.2. The quantitative estimate of drug-likeness (QED) is 0.295. The van der Waals surface area contributed by atoms with Crippen molar-refractivity contribution in [2.45, 2.75) is 53.9 Å². The molecule has 4 fully saturated rings. The zero-order valence-corrected chi connectivity index (χ0v) is 26.6. The molecule has 45 heavy (non-hydrogen) atoms. The third kappa shape index (κ3) is 4.30. The number of fused-ring (bicyclic) bond motifs is 4. The Morgan fingerprint density at radius 1 is 0.956 bits per heavy atom. The molecular weight excluding hydrogens is 617 g/mol. The highest BCUT2D eigenvalue weighted by atomic mass is 35.5. The molecule has 0 radical (unpaired) electrons. The predicted molar refractivity (Wildman–Crippen MR) is 167 cm³/mol. The Morgan fingerprint density at radius 3 is 2.36 bits per heavy atom. The molecule has 1 saturated carbocycles. The van der Waals surface area contributed by atoms with Crippen molar-refractivity contribution in [1.29, 1.82) is 0 Å². The summed E-state index contributed by atoms with van der Waals surface area (Å²) in [5, 5.41) is 10.2. The summed E-state index contributed by atoms with van der Waals surface area (Å²) in [7, 11) is 2.80. The maximum absolute atomic E-state index is 14.3. The average molecular weight is 653 g/mol. The van der Waals surface area contributed by atoms with Crippen LogP contribution in [0.15, 0.2) is 60.2 Å². The first-order valence-electron chi connectivity index (χ1n) is 15.4. The van der Waals surface area contributed by atoms with Crippen LogP contribution in [0.1, 0.15) is 42.7 Å². The summed E-state index contributed by atoms with van der Waals surface area (Å²) in [6.07, 6.45) is 3.53. The molecule has 2 aliphatic carbocycles. The smallest absolute Gasteiger partial charge is 0.253 e. The molecule has 7 rings (SSSR count). The minimum Gasteiger partial charge on any atom is -0.508 e. The van der Waals surface area contributed by atoms with Crippen LogP contribution in [-0.4, -0.2) is 86.5 Å². The van der Waals surface area contributed by atoms with Gasteiger partial charge >= 0.3 is 0 Å². The lowest BCUT2D eigenvalue weighted by Gasteiger charge is -2.51. The van der Waals surface area contributed by atoms with Crippen molar-refractivity contribution in [3.8, 4) is 11.5 Å². The van der Waals surface area contributed by atoms with E-state index >= 15 is 0 Å². The summed E-state index contributed by atoms with van der Waals surface area (Å²) in [5.74, 6) is -4.31. The van der Waals surface area contributed by atoms with Crippen LogP contribution in [0.25, 0.3) is 0 Å². The van der Waals surface area contributed by atoms with Crippen LogP contribution in [0.5, 0.6) is 11.5 Å². The van der Waals surface area contributed by atoms with E-state index in [1.54, 1.807) is 6.07 Å². The lowest BCUT2D eigenvalue weighted by atomic mass is 9.56. The van der Waals surface area contributed by atoms with E-state index in [2.05, 4.69) is 17.0 Å². The number of amides is 4. The van der Waals surface area contributed by atoms with E-state index in [-0.39, 0.29) is 35.8 Å². The van der Waals surface area contributed by atoms with Gasteiger partial charge in [0.25, 0.3) is 11.8 Å². The number of benzene rings is 2. The summed E-state index contributed by atoms with van der Waals surface area (Å²) in [4.78, 5) is 56.8. The molecule has 0 unspecified atom stereocenters. The zero-order valence-electron chi connectivity index (χ0n) is 25.1. The number of carbonyl (C=O) groups is 4. The van der Waals surface area contributed by atoms with E-state index < -0.39 is 45.2 Å². The first kappa shape index (κ1) is 30.3. The monoisotopic (exact) mass is 651 g/mol. The lowest BCUT2D eigenvalue weighted by molar-refractivity contribution is -0.144. The van der Waals surface area contributed by atoms with E-state index in [0.29, 0.717) is 30.4 Å². The Morgan fingerprint density at radius 2 is 1.67 bits per heavy atom. The van der Waals surface area contributed by atoms with Crippen LogP contribution in [0.3, 0.4) is 0 Å². The standard InChI is InChI=1S/C34H35Cl2N3O6/c1-37-31(43)33(35)17-25-22(28(34(33,36)32(37)44)23-9-8-21(40)16-26(23)45-2)10-11-24-27(25)30(42)39(29(24)41)20-12-14-38(15-13-20)18-19-6-4-3-5-7-19/h3-10,16,20,24-25,27-28,40H,11-15,17-18H2,1-2H3/t24-,25+,27-,28+,33+,34-/m0/s1. The fourth-order valence-electron chi connectivity index (χ4n) is 8.59. The minimum absolute atomic E-state index is 0.0469. The van der Waals surface area contributed by atoms with Gasteiger partial charge in [-0.25, -0.2) is 0 Å². The number of likely N-dealkylation sites (tertiary alicyclic amines) is 3. The summed E-state index contributed by atoms with van der Waals surface area (Å²) in [6, 6.07) is 14.5. The van der Waals surface area contributed by atoms with Crippen molar-refractivity contribution in [3.63, 3.8) is 0 Å². The van der Waals surface area contributed by atoms with Gasteiger partial charge in [-0.3, -0.25) is 33.9 Å². The molecule has 1 N–H and O–H groups in total. The van der Waals surface area contributed by atoms with Crippen molar-refractivity contribution in [3.05, 3.63) is 71.3 Å². The topological polar surface area (TPSA) is 107 Å². The number of methoxy groups -OCH3 is 1. The number of halogens is 2.